The number of benzene rings is 3. The van der Waals surface area contributed by atoms with Gasteiger partial charge in [0.15, 0.2) is 0 Å². The first-order valence-corrected chi connectivity index (χ1v) is 13.6. The molecule has 9 nitrogen and oxygen atoms in total. The largest absolute Gasteiger partial charge is 0.480 e. The molecule has 5 rings (SSSR count). The van der Waals surface area contributed by atoms with E-state index in [1.807, 2.05) is 66.7 Å². The van der Waals surface area contributed by atoms with Gasteiger partial charge in [-0.3, -0.25) is 24.8 Å². The van der Waals surface area contributed by atoms with Crippen molar-refractivity contribution < 1.29 is 19.6 Å². The van der Waals surface area contributed by atoms with Crippen molar-refractivity contribution in [2.24, 2.45) is 10.9 Å². The highest BCUT2D eigenvalue weighted by Gasteiger charge is 2.49. The lowest BCUT2D eigenvalue weighted by molar-refractivity contribution is -0.498. The molecule has 9 heteroatoms. The van der Waals surface area contributed by atoms with Gasteiger partial charge in [0.05, 0.1) is 17.4 Å². The summed E-state index contributed by atoms with van der Waals surface area (Å²) in [6.45, 7) is 1.52. The van der Waals surface area contributed by atoms with Gasteiger partial charge in [-0.2, -0.15) is 0 Å². The van der Waals surface area contributed by atoms with Gasteiger partial charge in [-0.25, -0.2) is 4.79 Å². The minimum atomic E-state index is -1.15. The second-order valence-corrected chi connectivity index (χ2v) is 10.4. The lowest BCUT2D eigenvalue weighted by atomic mass is 9.99. The van der Waals surface area contributed by atoms with Crippen LogP contribution in [0.4, 0.5) is 5.69 Å². The topological polar surface area (TPSA) is 125 Å². The van der Waals surface area contributed by atoms with Crippen molar-refractivity contribution in [3.63, 3.8) is 0 Å². The molecule has 1 aliphatic carbocycles. The van der Waals surface area contributed by atoms with Crippen LogP contribution in [0.3, 0.4) is 0 Å². The Balaban J connectivity index is 1.42. The second-order valence-electron chi connectivity index (χ2n) is 10.4. The SMILES string of the molecule is O=C(Nc1ccccc1C(=N[C@H](C[C@H]1C[C@@H]1[N+](=O)[O-])C(=O)O)c1ccccc1)[C@H]1CCCN1Cc1ccccc1. The van der Waals surface area contributed by atoms with E-state index in [1.54, 1.807) is 6.07 Å². The molecular formula is C31H32N4O5. The third kappa shape index (κ3) is 6.43. The zero-order valence-electron chi connectivity index (χ0n) is 22.1. The van der Waals surface area contributed by atoms with E-state index >= 15 is 0 Å². The molecule has 2 N–H and O–H groups in total. The number of nitrogens with zero attached hydrogens (tertiary/aromatic N) is 3. The van der Waals surface area contributed by atoms with Crippen LogP contribution >= 0.6 is 0 Å². The van der Waals surface area contributed by atoms with Crippen LogP contribution in [0.5, 0.6) is 0 Å². The minimum absolute atomic E-state index is 0.0857. The highest BCUT2D eigenvalue weighted by atomic mass is 16.6. The molecule has 4 atom stereocenters. The molecule has 1 aliphatic heterocycles. The summed E-state index contributed by atoms with van der Waals surface area (Å²) in [5.74, 6) is -1.56. The van der Waals surface area contributed by atoms with Gasteiger partial charge >= 0.3 is 5.97 Å². The van der Waals surface area contributed by atoms with Crippen molar-refractivity contribution in [2.75, 3.05) is 11.9 Å². The van der Waals surface area contributed by atoms with E-state index in [4.69, 9.17) is 0 Å². The zero-order valence-corrected chi connectivity index (χ0v) is 22.1. The van der Waals surface area contributed by atoms with Crippen LogP contribution in [-0.4, -0.2) is 57.2 Å². The number of aliphatic imine (C=N–C) groups is 1. The maximum Gasteiger partial charge on any atom is 0.328 e. The molecule has 1 saturated heterocycles. The number of amides is 1. The summed E-state index contributed by atoms with van der Waals surface area (Å²) >= 11 is 0. The molecule has 1 saturated carbocycles. The summed E-state index contributed by atoms with van der Waals surface area (Å²) in [6.07, 6.45) is 2.12. The van der Waals surface area contributed by atoms with Gasteiger partial charge in [-0.15, -0.1) is 0 Å². The van der Waals surface area contributed by atoms with Crippen molar-refractivity contribution in [1.29, 1.82) is 0 Å². The number of para-hydroxylation sites is 1. The zero-order chi connectivity index (χ0) is 28.1. The van der Waals surface area contributed by atoms with E-state index < -0.39 is 18.1 Å². The molecule has 1 amide bonds. The number of carboxylic acid groups (broad SMARTS) is 1. The van der Waals surface area contributed by atoms with E-state index in [0.717, 1.165) is 24.9 Å². The molecule has 1 heterocycles. The van der Waals surface area contributed by atoms with Gasteiger partial charge < -0.3 is 10.4 Å². The van der Waals surface area contributed by atoms with Crippen molar-refractivity contribution in [3.8, 4) is 0 Å². The quantitative estimate of drug-likeness (QED) is 0.207. The van der Waals surface area contributed by atoms with Crippen molar-refractivity contribution in [3.05, 3.63) is 112 Å². The molecule has 0 spiro atoms. The second kappa shape index (κ2) is 12.2. The monoisotopic (exact) mass is 540 g/mol. The molecule has 3 aromatic rings. The smallest absolute Gasteiger partial charge is 0.328 e. The normalized spacial score (nSPS) is 21.5. The number of hydrogen-bond donors (Lipinski definition) is 2. The first-order valence-electron chi connectivity index (χ1n) is 13.6. The molecule has 2 fully saturated rings. The molecular weight excluding hydrogens is 508 g/mol. The van der Waals surface area contributed by atoms with Gasteiger partial charge in [-0.05, 0) is 37.4 Å². The standard InChI is InChI=1S/C31H32N4O5/c36-30(27-16-9-17-34(27)20-21-10-3-1-4-11-21)33-25-15-8-7-14-24(25)29(22-12-5-2-6-13-22)32-26(31(37)38)18-23-19-28(23)35(39)40/h1-8,10-15,23,26-28H,9,16-20H2,(H,33,36)(H,37,38)/t23-,26+,27+,28-/m0/s1. The van der Waals surface area contributed by atoms with Crippen molar-refractivity contribution in [2.45, 2.75) is 50.4 Å². The molecule has 0 bridgehead atoms. The Labute approximate surface area is 232 Å². The number of hydrogen-bond acceptors (Lipinski definition) is 6. The molecule has 40 heavy (non-hydrogen) atoms. The number of nitrogens with one attached hydrogen (secondary N) is 1. The van der Waals surface area contributed by atoms with E-state index in [-0.39, 0.29) is 29.2 Å². The predicted molar refractivity (Wildman–Crippen MR) is 152 cm³/mol. The van der Waals surface area contributed by atoms with Gasteiger partial charge in [0.2, 0.25) is 11.9 Å². The Morgan fingerprint density at radius 1 is 1.02 bits per heavy atom. The maximum atomic E-state index is 13.6. The lowest BCUT2D eigenvalue weighted by Gasteiger charge is -2.24. The Morgan fingerprint density at radius 3 is 2.38 bits per heavy atom. The molecule has 0 radical (unpaired) electrons. The fourth-order valence-electron chi connectivity index (χ4n) is 5.43. The van der Waals surface area contributed by atoms with E-state index in [2.05, 4.69) is 27.3 Å². The molecule has 0 unspecified atom stereocenters. The highest BCUT2D eigenvalue weighted by Crippen LogP contribution is 2.38. The lowest BCUT2D eigenvalue weighted by Crippen LogP contribution is -2.39. The van der Waals surface area contributed by atoms with Crippen LogP contribution in [0, 0.1) is 16.0 Å². The Kier molecular flexibility index (Phi) is 8.31. The fourth-order valence-corrected chi connectivity index (χ4v) is 5.43. The van der Waals surface area contributed by atoms with Crippen LogP contribution in [-0.2, 0) is 16.1 Å². The summed E-state index contributed by atoms with van der Waals surface area (Å²) in [5.41, 5.74) is 3.41. The van der Waals surface area contributed by atoms with Crippen LogP contribution < -0.4 is 5.32 Å². The van der Waals surface area contributed by atoms with Crippen molar-refractivity contribution >= 4 is 23.3 Å². The van der Waals surface area contributed by atoms with Crippen LogP contribution in [0.2, 0.25) is 0 Å². The summed E-state index contributed by atoms with van der Waals surface area (Å²) in [5, 5.41) is 24.2. The number of carbonyl (C=O) groups is 2. The van der Waals surface area contributed by atoms with Crippen LogP contribution in [0.15, 0.2) is 89.9 Å². The van der Waals surface area contributed by atoms with Gasteiger partial charge in [0.25, 0.3) is 0 Å². The highest BCUT2D eigenvalue weighted by molar-refractivity contribution is 6.17. The molecule has 3 aromatic carbocycles. The van der Waals surface area contributed by atoms with Gasteiger partial charge in [-0.1, -0.05) is 78.9 Å². The molecule has 206 valence electrons. The number of carbonyl (C=O) groups excluding carboxylic acids is 1. The summed E-state index contributed by atoms with van der Waals surface area (Å²) < 4.78 is 0. The predicted octanol–water partition coefficient (Wildman–Crippen LogP) is 4.64. The van der Waals surface area contributed by atoms with E-state index in [0.29, 0.717) is 35.5 Å². The Morgan fingerprint density at radius 2 is 1.70 bits per heavy atom. The van der Waals surface area contributed by atoms with Gasteiger partial charge in [0, 0.05) is 34.9 Å². The summed E-state index contributed by atoms with van der Waals surface area (Å²) in [7, 11) is 0. The summed E-state index contributed by atoms with van der Waals surface area (Å²) in [4.78, 5) is 43.4. The number of anilines is 1. The fraction of sp³-hybridized carbons (Fsp3) is 0.323. The van der Waals surface area contributed by atoms with Crippen LogP contribution in [0.25, 0.3) is 0 Å². The average molecular weight is 541 g/mol. The maximum absolute atomic E-state index is 13.6. The number of likely N-dealkylation sites (tertiary alicyclic amines) is 1. The van der Waals surface area contributed by atoms with Crippen LogP contribution in [0.1, 0.15) is 42.4 Å². The van der Waals surface area contributed by atoms with Crippen molar-refractivity contribution in [1.82, 2.24) is 4.90 Å². The minimum Gasteiger partial charge on any atom is -0.480 e. The summed E-state index contributed by atoms with van der Waals surface area (Å²) in [6, 6.07) is 24.4. The number of carboxylic acids is 1. The van der Waals surface area contributed by atoms with E-state index in [1.165, 1.54) is 0 Å². The van der Waals surface area contributed by atoms with E-state index in [9.17, 15) is 24.8 Å². The first kappa shape index (κ1) is 27.2. The molecule has 2 aliphatic rings. The number of aliphatic carboxylic acids is 1. The first-order chi connectivity index (χ1) is 19.4. The van der Waals surface area contributed by atoms with Gasteiger partial charge in [0.1, 0.15) is 6.04 Å². The third-order valence-electron chi connectivity index (χ3n) is 7.63. The Hall–Kier alpha value is -4.37. The third-order valence-corrected chi connectivity index (χ3v) is 7.63. The molecule has 0 aromatic heterocycles. The number of nitro groups is 1. The average Bonchev–Trinajstić information content (AvgIpc) is 3.59. The number of rotatable bonds is 11. The Bertz CT molecular complexity index is 1400.